The molecular weight excluding hydrogens is 418 g/mol. The highest BCUT2D eigenvalue weighted by molar-refractivity contribution is 5.82. The Hall–Kier alpha value is -3.81. The van der Waals surface area contributed by atoms with E-state index in [2.05, 4.69) is 15.4 Å². The third-order valence-corrected chi connectivity index (χ3v) is 4.75. The van der Waals surface area contributed by atoms with Gasteiger partial charge in [0.15, 0.2) is 0 Å². The fraction of sp³-hybridized carbons (Fsp3) is 0.208. The van der Waals surface area contributed by atoms with Crippen LogP contribution in [0.3, 0.4) is 0 Å². The summed E-state index contributed by atoms with van der Waals surface area (Å²) in [5, 5.41) is 5.84. The first-order chi connectivity index (χ1) is 15.5. The fourth-order valence-electron chi connectivity index (χ4n) is 3.15. The van der Waals surface area contributed by atoms with E-state index in [1.165, 1.54) is 6.07 Å². The summed E-state index contributed by atoms with van der Waals surface area (Å²) in [5.74, 6) is 1.04. The fourth-order valence-corrected chi connectivity index (χ4v) is 3.15. The van der Waals surface area contributed by atoms with Crippen molar-refractivity contribution in [1.29, 1.82) is 0 Å². The predicted molar refractivity (Wildman–Crippen MR) is 118 cm³/mol. The van der Waals surface area contributed by atoms with Crippen molar-refractivity contribution in [3.05, 3.63) is 83.9 Å². The Balaban J connectivity index is 1.76. The molecule has 168 valence electrons. The van der Waals surface area contributed by atoms with Crippen molar-refractivity contribution < 1.29 is 27.8 Å². The quantitative estimate of drug-likeness (QED) is 0.480. The van der Waals surface area contributed by atoms with Crippen molar-refractivity contribution >= 4 is 11.6 Å². The second-order valence-corrected chi connectivity index (χ2v) is 6.78. The number of hydrogen-bond donors (Lipinski definition) is 2. The van der Waals surface area contributed by atoms with E-state index in [4.69, 9.17) is 9.47 Å². The van der Waals surface area contributed by atoms with Crippen LogP contribution in [0.2, 0.25) is 0 Å². The van der Waals surface area contributed by atoms with Crippen molar-refractivity contribution in [2.45, 2.75) is 12.7 Å². The van der Waals surface area contributed by atoms with Crippen molar-refractivity contribution in [2.75, 3.05) is 26.1 Å². The first-order valence-electron chi connectivity index (χ1n) is 9.85. The Morgan fingerprint density at radius 2 is 1.38 bits per heavy atom. The van der Waals surface area contributed by atoms with Crippen LogP contribution in [0.1, 0.15) is 17.2 Å². The van der Waals surface area contributed by atoms with Crippen molar-refractivity contribution in [1.82, 2.24) is 5.32 Å². The molecule has 2 N–H and O–H groups in total. The van der Waals surface area contributed by atoms with Crippen LogP contribution in [-0.4, -0.2) is 33.3 Å². The van der Waals surface area contributed by atoms with Crippen LogP contribution in [-0.2, 0) is 4.79 Å². The van der Waals surface area contributed by atoms with Crippen LogP contribution < -0.4 is 24.8 Å². The van der Waals surface area contributed by atoms with E-state index in [1.54, 1.807) is 32.4 Å². The van der Waals surface area contributed by atoms with E-state index >= 15 is 0 Å². The van der Waals surface area contributed by atoms with Crippen molar-refractivity contribution in [3.8, 4) is 17.2 Å². The number of carbonyl (C=O) groups excluding carboxylic acids is 1. The van der Waals surface area contributed by atoms with Gasteiger partial charge in [0.05, 0.1) is 32.5 Å². The Morgan fingerprint density at radius 1 is 0.844 bits per heavy atom. The third-order valence-electron chi connectivity index (χ3n) is 4.75. The molecule has 3 rings (SSSR count). The topological polar surface area (TPSA) is 68.8 Å². The number of anilines is 1. The third kappa shape index (κ3) is 6.10. The monoisotopic (exact) mass is 442 g/mol. The average Bonchev–Trinajstić information content (AvgIpc) is 2.82. The van der Waals surface area contributed by atoms with Gasteiger partial charge in [0.2, 0.25) is 5.91 Å². The maximum Gasteiger partial charge on any atom is 0.387 e. The number of hydrogen-bond acceptors (Lipinski definition) is 5. The van der Waals surface area contributed by atoms with Gasteiger partial charge in [-0.15, -0.1) is 0 Å². The van der Waals surface area contributed by atoms with E-state index in [-0.39, 0.29) is 18.2 Å². The zero-order chi connectivity index (χ0) is 22.9. The molecule has 3 aromatic carbocycles. The lowest BCUT2D eigenvalue weighted by molar-refractivity contribution is -0.119. The number of rotatable bonds is 10. The van der Waals surface area contributed by atoms with Crippen LogP contribution in [0.15, 0.2) is 72.8 Å². The van der Waals surface area contributed by atoms with E-state index in [0.717, 1.165) is 11.1 Å². The minimum Gasteiger partial charge on any atom is -0.497 e. The Bertz CT molecular complexity index is 964. The summed E-state index contributed by atoms with van der Waals surface area (Å²) >= 11 is 0. The molecule has 0 aliphatic carbocycles. The highest BCUT2D eigenvalue weighted by Gasteiger charge is 2.18. The van der Waals surface area contributed by atoms with Crippen molar-refractivity contribution in [2.24, 2.45) is 0 Å². The molecule has 1 amide bonds. The second kappa shape index (κ2) is 11.0. The molecule has 6 nitrogen and oxygen atoms in total. The number of alkyl halides is 2. The molecule has 0 saturated heterocycles. The lowest BCUT2D eigenvalue weighted by atomic mass is 9.98. The first-order valence-corrected chi connectivity index (χ1v) is 9.85. The smallest absolute Gasteiger partial charge is 0.387 e. The Kier molecular flexibility index (Phi) is 7.85. The maximum absolute atomic E-state index is 12.7. The lowest BCUT2D eigenvalue weighted by Crippen LogP contribution is -2.34. The van der Waals surface area contributed by atoms with Gasteiger partial charge >= 0.3 is 6.61 Å². The molecule has 0 saturated carbocycles. The van der Waals surface area contributed by atoms with Crippen molar-refractivity contribution in [3.63, 3.8) is 0 Å². The van der Waals surface area contributed by atoms with Gasteiger partial charge < -0.3 is 24.8 Å². The number of methoxy groups -OCH3 is 2. The number of carbonyl (C=O) groups is 1. The van der Waals surface area contributed by atoms with Gasteiger partial charge in [-0.2, -0.15) is 8.78 Å². The molecule has 32 heavy (non-hydrogen) atoms. The summed E-state index contributed by atoms with van der Waals surface area (Å²) in [6.45, 7) is -3.09. The molecule has 0 unspecified atom stereocenters. The minimum atomic E-state index is -2.96. The molecule has 0 radical (unpaired) electrons. The number of para-hydroxylation sites is 2. The SMILES string of the molecule is COc1ccc(C(NC(=O)CNc2ccccc2OC(F)F)c2ccc(OC)cc2)cc1. The molecule has 0 fully saturated rings. The number of benzene rings is 3. The summed E-state index contributed by atoms with van der Waals surface area (Å²) in [4.78, 5) is 12.7. The molecule has 3 aromatic rings. The van der Waals surface area contributed by atoms with Crippen LogP contribution in [0.25, 0.3) is 0 Å². The van der Waals surface area contributed by atoms with E-state index < -0.39 is 12.7 Å². The number of halogens is 2. The van der Waals surface area contributed by atoms with Crippen LogP contribution in [0, 0.1) is 0 Å². The Morgan fingerprint density at radius 3 is 1.88 bits per heavy atom. The summed E-state index contributed by atoms with van der Waals surface area (Å²) in [6, 6.07) is 20.5. The highest BCUT2D eigenvalue weighted by Crippen LogP contribution is 2.27. The van der Waals surface area contributed by atoms with Gasteiger partial charge in [-0.25, -0.2) is 0 Å². The maximum atomic E-state index is 12.7. The molecule has 0 aliphatic rings. The molecule has 0 spiro atoms. The van der Waals surface area contributed by atoms with E-state index in [1.807, 2.05) is 48.5 Å². The average molecular weight is 442 g/mol. The first kappa shape index (κ1) is 22.9. The predicted octanol–water partition coefficient (Wildman–Crippen LogP) is 4.62. The Labute approximate surface area is 185 Å². The standard InChI is InChI=1S/C24H24F2N2O4/c1-30-18-11-7-16(8-12-18)23(17-9-13-19(31-2)14-10-17)28-22(29)15-27-20-5-3-4-6-21(20)32-24(25)26/h3-14,23-24,27H,15H2,1-2H3,(H,28,29). The molecule has 0 aromatic heterocycles. The molecular formula is C24H24F2N2O4. The zero-order valence-electron chi connectivity index (χ0n) is 17.7. The summed E-state index contributed by atoms with van der Waals surface area (Å²) in [7, 11) is 3.16. The van der Waals surface area contributed by atoms with Gasteiger partial charge in [-0.1, -0.05) is 36.4 Å². The highest BCUT2D eigenvalue weighted by atomic mass is 19.3. The number of ether oxygens (including phenoxy) is 3. The van der Waals surface area contributed by atoms with Gasteiger partial charge in [-0.3, -0.25) is 4.79 Å². The van der Waals surface area contributed by atoms with E-state index in [9.17, 15) is 13.6 Å². The van der Waals surface area contributed by atoms with Crippen LogP contribution in [0.5, 0.6) is 17.2 Å². The molecule has 8 heteroatoms. The second-order valence-electron chi connectivity index (χ2n) is 6.78. The van der Waals surface area contributed by atoms with Crippen LogP contribution >= 0.6 is 0 Å². The number of amides is 1. The van der Waals surface area contributed by atoms with Crippen LogP contribution in [0.4, 0.5) is 14.5 Å². The normalized spacial score (nSPS) is 10.7. The summed E-state index contributed by atoms with van der Waals surface area (Å²) < 4.78 is 40.1. The van der Waals surface area contributed by atoms with E-state index in [0.29, 0.717) is 17.2 Å². The number of nitrogens with one attached hydrogen (secondary N) is 2. The van der Waals surface area contributed by atoms with Gasteiger partial charge in [0.25, 0.3) is 0 Å². The molecule has 0 aliphatic heterocycles. The van der Waals surface area contributed by atoms with Gasteiger partial charge in [-0.05, 0) is 47.5 Å². The largest absolute Gasteiger partial charge is 0.497 e. The molecule has 0 bridgehead atoms. The minimum absolute atomic E-state index is 0.0304. The zero-order valence-corrected chi connectivity index (χ0v) is 17.7. The molecule has 0 atom stereocenters. The molecule has 0 heterocycles. The summed E-state index contributed by atoms with van der Waals surface area (Å²) in [6.07, 6.45) is 0. The summed E-state index contributed by atoms with van der Waals surface area (Å²) in [5.41, 5.74) is 2.00. The van der Waals surface area contributed by atoms with Gasteiger partial charge in [0.1, 0.15) is 17.2 Å². The lowest BCUT2D eigenvalue weighted by Gasteiger charge is -2.21. The van der Waals surface area contributed by atoms with Gasteiger partial charge in [0, 0.05) is 0 Å².